The quantitative estimate of drug-likeness (QED) is 0.829. The molecule has 0 spiro atoms. The molecule has 0 saturated carbocycles. The maximum atomic E-state index is 4.96. The molecule has 2 heterocycles. The highest BCUT2D eigenvalue weighted by atomic mass is 32.1. The molecule has 1 unspecified atom stereocenters. The first-order valence-electron chi connectivity index (χ1n) is 7.95. The highest BCUT2D eigenvalue weighted by molar-refractivity contribution is 7.11. The molecule has 1 atom stereocenters. The van der Waals surface area contributed by atoms with Crippen LogP contribution in [0.5, 0.6) is 0 Å². The average molecular weight is 301 g/mol. The summed E-state index contributed by atoms with van der Waals surface area (Å²) in [7, 11) is 0. The minimum absolute atomic E-state index is 0.614. The van der Waals surface area contributed by atoms with Gasteiger partial charge in [0.2, 0.25) is 0 Å². The molecule has 112 valence electrons. The molecule has 0 saturated heterocycles. The summed E-state index contributed by atoms with van der Waals surface area (Å²) in [5.74, 6) is 0.614. The van der Waals surface area contributed by atoms with Crippen LogP contribution in [0.1, 0.15) is 53.2 Å². The van der Waals surface area contributed by atoms with Gasteiger partial charge in [-0.25, -0.2) is 4.98 Å². The van der Waals surface area contributed by atoms with E-state index in [1.165, 1.54) is 46.8 Å². The molecule has 0 aliphatic heterocycles. The third kappa shape index (κ3) is 3.69. The van der Waals surface area contributed by atoms with Gasteiger partial charge in [-0.2, -0.15) is 0 Å². The molecule has 0 bridgehead atoms. The molecule has 1 aliphatic carbocycles. The van der Waals surface area contributed by atoms with E-state index in [9.17, 15) is 0 Å². The van der Waals surface area contributed by atoms with Crippen LogP contribution >= 0.6 is 11.3 Å². The first kappa shape index (κ1) is 14.7. The van der Waals surface area contributed by atoms with Crippen molar-refractivity contribution in [1.82, 2.24) is 15.3 Å². The largest absolute Gasteiger partial charge is 0.316 e. The maximum Gasteiger partial charge on any atom is 0.0975 e. The Morgan fingerprint density at radius 2 is 2.19 bits per heavy atom. The van der Waals surface area contributed by atoms with Crippen LogP contribution in [0, 0.1) is 0 Å². The van der Waals surface area contributed by atoms with Gasteiger partial charge in [0.15, 0.2) is 0 Å². The predicted molar refractivity (Wildman–Crippen MR) is 88.0 cm³/mol. The van der Waals surface area contributed by atoms with Crippen molar-refractivity contribution in [2.45, 2.75) is 44.9 Å². The molecule has 3 nitrogen and oxygen atoms in total. The van der Waals surface area contributed by atoms with E-state index in [1.807, 2.05) is 23.7 Å². The molecule has 2 aromatic rings. The zero-order valence-corrected chi connectivity index (χ0v) is 13.5. The minimum Gasteiger partial charge on any atom is -0.316 e. The van der Waals surface area contributed by atoms with E-state index in [2.05, 4.69) is 29.4 Å². The molecule has 1 aliphatic rings. The lowest BCUT2D eigenvalue weighted by Crippen LogP contribution is -2.24. The van der Waals surface area contributed by atoms with Gasteiger partial charge < -0.3 is 5.32 Å². The van der Waals surface area contributed by atoms with E-state index in [4.69, 9.17) is 4.98 Å². The lowest BCUT2D eigenvalue weighted by molar-refractivity contribution is 0.501. The van der Waals surface area contributed by atoms with Crippen LogP contribution in [-0.2, 0) is 12.8 Å². The number of hydrogen-bond acceptors (Lipinski definition) is 4. The molecule has 0 fully saturated rings. The zero-order valence-electron chi connectivity index (χ0n) is 12.6. The van der Waals surface area contributed by atoms with Gasteiger partial charge in [0.25, 0.3) is 0 Å². The molecule has 0 radical (unpaired) electrons. The Morgan fingerprint density at radius 1 is 1.33 bits per heavy atom. The van der Waals surface area contributed by atoms with Crippen molar-refractivity contribution >= 4 is 11.3 Å². The minimum atomic E-state index is 0.614. The summed E-state index contributed by atoms with van der Waals surface area (Å²) < 4.78 is 0. The van der Waals surface area contributed by atoms with Crippen LogP contribution in [0.25, 0.3) is 0 Å². The summed E-state index contributed by atoms with van der Waals surface area (Å²) in [4.78, 5) is 10.6. The fourth-order valence-electron chi connectivity index (χ4n) is 2.96. The molecule has 21 heavy (non-hydrogen) atoms. The summed E-state index contributed by atoms with van der Waals surface area (Å²) in [6.45, 7) is 4.41. The number of pyridine rings is 1. The van der Waals surface area contributed by atoms with E-state index in [1.54, 1.807) is 0 Å². The van der Waals surface area contributed by atoms with E-state index >= 15 is 0 Å². The molecule has 3 rings (SSSR count). The number of fused-ring (bicyclic) bond motifs is 1. The molecule has 1 N–H and O–H groups in total. The predicted octanol–water partition coefficient (Wildman–Crippen LogP) is 3.55. The maximum absolute atomic E-state index is 4.96. The normalized spacial score (nSPS) is 17.7. The van der Waals surface area contributed by atoms with E-state index in [0.29, 0.717) is 5.92 Å². The molecule has 0 aromatic carbocycles. The number of nitrogens with one attached hydrogen (secondary N) is 1. The van der Waals surface area contributed by atoms with Crippen LogP contribution in [0.4, 0.5) is 0 Å². The summed E-state index contributed by atoms with van der Waals surface area (Å²) in [5, 5.41) is 4.82. The summed E-state index contributed by atoms with van der Waals surface area (Å²) in [5.41, 5.74) is 2.68. The highest BCUT2D eigenvalue weighted by Crippen LogP contribution is 2.35. The second-order valence-corrected chi connectivity index (χ2v) is 6.91. The van der Waals surface area contributed by atoms with Gasteiger partial charge in [-0.15, -0.1) is 11.3 Å². The van der Waals surface area contributed by atoms with Crippen molar-refractivity contribution in [3.63, 3.8) is 0 Å². The van der Waals surface area contributed by atoms with Crippen LogP contribution in [-0.4, -0.2) is 23.1 Å². The second kappa shape index (κ2) is 7.14. The van der Waals surface area contributed by atoms with Gasteiger partial charge in [0.1, 0.15) is 0 Å². The lowest BCUT2D eigenvalue weighted by Gasteiger charge is -2.21. The Balaban J connectivity index is 1.71. The number of aryl methyl sites for hydroxylation is 1. The number of hydrogen-bond donors (Lipinski definition) is 1. The smallest absolute Gasteiger partial charge is 0.0975 e. The monoisotopic (exact) mass is 301 g/mol. The summed E-state index contributed by atoms with van der Waals surface area (Å²) in [6.07, 6.45) is 9.66. The van der Waals surface area contributed by atoms with Crippen molar-refractivity contribution in [3.05, 3.63) is 45.7 Å². The number of nitrogens with zero attached hydrogens (tertiary/aromatic N) is 2. The van der Waals surface area contributed by atoms with Gasteiger partial charge in [0.05, 0.1) is 10.7 Å². The topological polar surface area (TPSA) is 37.8 Å². The van der Waals surface area contributed by atoms with Gasteiger partial charge in [-0.05, 0) is 49.9 Å². The van der Waals surface area contributed by atoms with Gasteiger partial charge >= 0.3 is 0 Å². The van der Waals surface area contributed by atoms with E-state index < -0.39 is 0 Å². The van der Waals surface area contributed by atoms with Crippen molar-refractivity contribution in [2.75, 3.05) is 13.1 Å². The average Bonchev–Trinajstić information content (AvgIpc) is 2.92. The van der Waals surface area contributed by atoms with Gasteiger partial charge in [0, 0.05) is 36.2 Å². The van der Waals surface area contributed by atoms with E-state index in [0.717, 1.165) is 19.5 Å². The van der Waals surface area contributed by atoms with Crippen LogP contribution in [0.3, 0.4) is 0 Å². The first-order chi connectivity index (χ1) is 10.4. The second-order valence-electron chi connectivity index (χ2n) is 5.74. The Labute approximate surface area is 130 Å². The summed E-state index contributed by atoms with van der Waals surface area (Å²) >= 11 is 1.91. The SMILES string of the molecule is CCCNCC1CCCc2sc(Cc3ccncc3)nc21. The molecule has 2 aromatic heterocycles. The van der Waals surface area contributed by atoms with Crippen molar-refractivity contribution < 1.29 is 0 Å². The molecule has 0 amide bonds. The standard InChI is InChI=1S/C17H23N3S/c1-2-8-19-12-14-4-3-5-15-17(14)20-16(21-15)11-13-6-9-18-10-7-13/h6-7,9-10,14,19H,2-5,8,11-12H2,1H3. The zero-order chi connectivity index (χ0) is 14.5. The fourth-order valence-corrected chi connectivity index (χ4v) is 4.19. The first-order valence-corrected chi connectivity index (χ1v) is 8.76. The Hall–Kier alpha value is -1.26. The van der Waals surface area contributed by atoms with E-state index in [-0.39, 0.29) is 0 Å². The van der Waals surface area contributed by atoms with Crippen LogP contribution < -0.4 is 5.32 Å². The van der Waals surface area contributed by atoms with Gasteiger partial charge in [-0.3, -0.25) is 4.98 Å². The molecular weight excluding hydrogens is 278 g/mol. The third-order valence-corrected chi connectivity index (χ3v) is 5.17. The highest BCUT2D eigenvalue weighted by Gasteiger charge is 2.24. The van der Waals surface area contributed by atoms with Crippen LogP contribution in [0.15, 0.2) is 24.5 Å². The molecular formula is C17H23N3S. The number of thiazole rings is 1. The van der Waals surface area contributed by atoms with Gasteiger partial charge in [-0.1, -0.05) is 6.92 Å². The summed E-state index contributed by atoms with van der Waals surface area (Å²) in [6, 6.07) is 4.17. The molecule has 4 heteroatoms. The van der Waals surface area contributed by atoms with Crippen LogP contribution in [0.2, 0.25) is 0 Å². The lowest BCUT2D eigenvalue weighted by atomic mass is 9.91. The van der Waals surface area contributed by atoms with Crippen molar-refractivity contribution in [3.8, 4) is 0 Å². The third-order valence-electron chi connectivity index (χ3n) is 4.04. The number of rotatable bonds is 6. The Bertz CT molecular complexity index is 565. The Kier molecular flexibility index (Phi) is 4.99. The number of aromatic nitrogens is 2. The van der Waals surface area contributed by atoms with Crippen molar-refractivity contribution in [2.24, 2.45) is 0 Å². The fraction of sp³-hybridized carbons (Fsp3) is 0.529. The van der Waals surface area contributed by atoms with Crippen molar-refractivity contribution in [1.29, 1.82) is 0 Å². The Morgan fingerprint density at radius 3 is 3.00 bits per heavy atom.